The van der Waals surface area contributed by atoms with E-state index in [4.69, 9.17) is 18.6 Å². The molecule has 8 heteroatoms. The Balaban J connectivity index is 1.20. The van der Waals surface area contributed by atoms with Gasteiger partial charge in [-0.3, -0.25) is 4.79 Å². The minimum absolute atomic E-state index is 0.240. The number of amides is 1. The van der Waals surface area contributed by atoms with Gasteiger partial charge in [-0.15, -0.1) is 0 Å². The molecule has 0 aliphatic carbocycles. The number of carbonyl (C=O) groups excluding carboxylic acids is 2. The van der Waals surface area contributed by atoms with Crippen molar-refractivity contribution in [2.75, 3.05) is 19.8 Å². The Morgan fingerprint density at radius 3 is 2.79 bits per heavy atom. The summed E-state index contributed by atoms with van der Waals surface area (Å²) in [5.41, 5.74) is 1.31. The first-order valence-corrected chi connectivity index (χ1v) is 9.03. The second-order valence-corrected chi connectivity index (χ2v) is 6.26. The predicted octanol–water partition coefficient (Wildman–Crippen LogP) is 2.34. The minimum atomic E-state index is -0.673. The number of nitrogens with zero attached hydrogens (tertiary/aromatic N) is 1. The molecular weight excluding hydrogens is 376 g/mol. The van der Waals surface area contributed by atoms with E-state index in [1.54, 1.807) is 18.2 Å². The van der Waals surface area contributed by atoms with Gasteiger partial charge in [-0.2, -0.15) is 0 Å². The van der Waals surface area contributed by atoms with Gasteiger partial charge in [-0.25, -0.2) is 9.78 Å². The monoisotopic (exact) mass is 394 g/mol. The zero-order chi connectivity index (χ0) is 20.1. The number of esters is 1. The summed E-state index contributed by atoms with van der Waals surface area (Å²) in [5, 5.41) is 2.65. The van der Waals surface area contributed by atoms with E-state index >= 15 is 0 Å². The number of hydrogen-bond acceptors (Lipinski definition) is 7. The van der Waals surface area contributed by atoms with Crippen molar-refractivity contribution < 1.29 is 28.2 Å². The fourth-order valence-electron chi connectivity index (χ4n) is 2.73. The van der Waals surface area contributed by atoms with Crippen LogP contribution in [-0.2, 0) is 14.3 Å². The molecule has 2 aromatic carbocycles. The van der Waals surface area contributed by atoms with Crippen LogP contribution in [0.15, 0.2) is 59.0 Å². The molecular formula is C21H18N2O6. The number of hydrogen-bond donors (Lipinski definition) is 1. The van der Waals surface area contributed by atoms with Crippen LogP contribution < -0.4 is 14.8 Å². The third kappa shape index (κ3) is 4.73. The van der Waals surface area contributed by atoms with Crippen LogP contribution in [0.1, 0.15) is 5.89 Å². The van der Waals surface area contributed by atoms with Crippen LogP contribution in [0.2, 0.25) is 0 Å². The summed E-state index contributed by atoms with van der Waals surface area (Å²) in [6.45, 7) is 0.161. The highest BCUT2D eigenvalue weighted by Gasteiger charge is 2.21. The average molecular weight is 394 g/mol. The molecule has 8 nitrogen and oxygen atoms in total. The molecule has 0 spiro atoms. The van der Waals surface area contributed by atoms with Gasteiger partial charge in [-0.05, 0) is 24.3 Å². The number of para-hydroxylation sites is 4. The average Bonchev–Trinajstić information content (AvgIpc) is 3.17. The topological polar surface area (TPSA) is 99.9 Å². The lowest BCUT2D eigenvalue weighted by atomic mass is 10.2. The fourth-order valence-corrected chi connectivity index (χ4v) is 2.73. The highest BCUT2D eigenvalue weighted by Crippen LogP contribution is 2.30. The van der Waals surface area contributed by atoms with Gasteiger partial charge < -0.3 is 23.9 Å². The maximum atomic E-state index is 11.9. The predicted molar refractivity (Wildman–Crippen MR) is 103 cm³/mol. The Morgan fingerprint density at radius 1 is 1.14 bits per heavy atom. The van der Waals surface area contributed by atoms with E-state index < -0.39 is 18.5 Å². The first-order valence-electron chi connectivity index (χ1n) is 9.03. The number of carbonyl (C=O) groups is 2. The van der Waals surface area contributed by atoms with Crippen molar-refractivity contribution in [3.05, 3.63) is 60.5 Å². The molecule has 148 valence electrons. The van der Waals surface area contributed by atoms with Crippen molar-refractivity contribution in [3.8, 4) is 11.5 Å². The molecule has 29 heavy (non-hydrogen) atoms. The van der Waals surface area contributed by atoms with Gasteiger partial charge in [-0.1, -0.05) is 24.3 Å². The lowest BCUT2D eigenvalue weighted by molar-refractivity contribution is -0.143. The van der Waals surface area contributed by atoms with Gasteiger partial charge in [0, 0.05) is 12.2 Å². The second kappa shape index (κ2) is 8.47. The van der Waals surface area contributed by atoms with Crippen molar-refractivity contribution in [2.24, 2.45) is 0 Å². The van der Waals surface area contributed by atoms with Gasteiger partial charge in [0.05, 0.1) is 6.54 Å². The number of nitrogens with one attached hydrogen (secondary N) is 1. The van der Waals surface area contributed by atoms with Crippen LogP contribution >= 0.6 is 0 Å². The Morgan fingerprint density at radius 2 is 1.93 bits per heavy atom. The van der Waals surface area contributed by atoms with Crippen molar-refractivity contribution >= 4 is 29.1 Å². The van der Waals surface area contributed by atoms with E-state index in [0.717, 1.165) is 6.08 Å². The Bertz CT molecular complexity index is 1030. The highest BCUT2D eigenvalue weighted by atomic mass is 16.6. The van der Waals surface area contributed by atoms with E-state index in [-0.39, 0.29) is 18.5 Å². The summed E-state index contributed by atoms with van der Waals surface area (Å²) >= 11 is 0. The van der Waals surface area contributed by atoms with Crippen LogP contribution in [0.4, 0.5) is 0 Å². The molecule has 1 aliphatic rings. The summed E-state index contributed by atoms with van der Waals surface area (Å²) in [6.07, 6.45) is 2.24. The van der Waals surface area contributed by atoms with E-state index in [2.05, 4.69) is 10.3 Å². The zero-order valence-electron chi connectivity index (χ0n) is 15.4. The second-order valence-electron chi connectivity index (χ2n) is 6.26. The number of ether oxygens (including phenoxy) is 3. The smallest absolute Gasteiger partial charge is 0.331 e. The molecule has 1 atom stereocenters. The van der Waals surface area contributed by atoms with Gasteiger partial charge in [0.25, 0.3) is 5.91 Å². The molecule has 1 aliphatic heterocycles. The van der Waals surface area contributed by atoms with Crippen LogP contribution in [0.25, 0.3) is 17.2 Å². The Hall–Kier alpha value is -3.81. The zero-order valence-corrected chi connectivity index (χ0v) is 15.4. The quantitative estimate of drug-likeness (QED) is 0.506. The largest absolute Gasteiger partial charge is 0.486 e. The molecule has 0 bridgehead atoms. The summed E-state index contributed by atoms with van der Waals surface area (Å²) in [5.74, 6) is 0.482. The number of oxazole rings is 1. The van der Waals surface area contributed by atoms with Gasteiger partial charge in [0.2, 0.25) is 5.89 Å². The molecule has 4 rings (SSSR count). The fraction of sp³-hybridized carbons (Fsp3) is 0.190. The first kappa shape index (κ1) is 18.5. The molecule has 1 aromatic heterocycles. The van der Waals surface area contributed by atoms with Gasteiger partial charge in [0.15, 0.2) is 23.7 Å². The molecule has 0 fully saturated rings. The van der Waals surface area contributed by atoms with Crippen molar-refractivity contribution in [1.29, 1.82) is 0 Å². The molecule has 0 radical (unpaired) electrons. The first-order chi connectivity index (χ1) is 14.2. The van der Waals surface area contributed by atoms with E-state index in [9.17, 15) is 9.59 Å². The maximum absolute atomic E-state index is 11.9. The van der Waals surface area contributed by atoms with Crippen LogP contribution in [-0.4, -0.2) is 42.7 Å². The maximum Gasteiger partial charge on any atom is 0.331 e. The minimum Gasteiger partial charge on any atom is -0.486 e. The molecule has 2 heterocycles. The molecule has 3 aromatic rings. The molecule has 1 N–H and O–H groups in total. The van der Waals surface area contributed by atoms with Gasteiger partial charge >= 0.3 is 5.97 Å². The number of benzene rings is 2. The molecule has 0 unspecified atom stereocenters. The standard InChI is InChI=1S/C21H18N2O6/c24-19(22-11-14-12-26-17-7-3-4-8-18(17)28-14)13-27-21(25)10-9-20-23-15-5-1-2-6-16(15)29-20/h1-10,14H,11-13H2,(H,22,24)/b10-9+/t14-/m0/s1. The summed E-state index contributed by atoms with van der Waals surface area (Å²) in [7, 11) is 0. The SMILES string of the molecule is O=C(COC(=O)/C=C/c1nc2ccccc2o1)NC[C@H]1COc2ccccc2O1. The molecule has 0 saturated carbocycles. The van der Waals surface area contributed by atoms with Crippen LogP contribution in [0.5, 0.6) is 11.5 Å². The normalized spacial score (nSPS) is 15.4. The van der Waals surface area contributed by atoms with Crippen LogP contribution in [0.3, 0.4) is 0 Å². The van der Waals surface area contributed by atoms with E-state index in [0.29, 0.717) is 29.2 Å². The third-order valence-electron chi connectivity index (χ3n) is 4.11. The number of aromatic nitrogens is 1. The Labute approximate surface area is 166 Å². The number of fused-ring (bicyclic) bond motifs is 2. The lowest BCUT2D eigenvalue weighted by Crippen LogP contribution is -2.42. The third-order valence-corrected chi connectivity index (χ3v) is 4.11. The number of rotatable bonds is 6. The summed E-state index contributed by atoms with van der Waals surface area (Å²) in [6, 6.07) is 14.6. The van der Waals surface area contributed by atoms with E-state index in [1.165, 1.54) is 6.08 Å². The highest BCUT2D eigenvalue weighted by molar-refractivity contribution is 5.89. The Kier molecular flexibility index (Phi) is 5.42. The molecule has 0 saturated heterocycles. The lowest BCUT2D eigenvalue weighted by Gasteiger charge is -2.26. The molecule has 1 amide bonds. The van der Waals surface area contributed by atoms with Crippen molar-refractivity contribution in [3.63, 3.8) is 0 Å². The summed E-state index contributed by atoms with van der Waals surface area (Å²) in [4.78, 5) is 27.9. The summed E-state index contributed by atoms with van der Waals surface area (Å²) < 4.78 is 21.7. The van der Waals surface area contributed by atoms with Crippen molar-refractivity contribution in [2.45, 2.75) is 6.10 Å². The van der Waals surface area contributed by atoms with Gasteiger partial charge in [0.1, 0.15) is 18.2 Å². The van der Waals surface area contributed by atoms with Crippen molar-refractivity contribution in [1.82, 2.24) is 10.3 Å². The van der Waals surface area contributed by atoms with E-state index in [1.807, 2.05) is 30.3 Å². The van der Waals surface area contributed by atoms with Crippen LogP contribution in [0, 0.1) is 0 Å².